The maximum Gasteiger partial charge on any atom is 0.341 e. The lowest BCUT2D eigenvalue weighted by atomic mass is 10.0. The molecule has 0 saturated heterocycles. The third-order valence-corrected chi connectivity index (χ3v) is 2.14. The van der Waals surface area contributed by atoms with Crippen LogP contribution in [0.3, 0.4) is 0 Å². The van der Waals surface area contributed by atoms with Crippen molar-refractivity contribution in [1.82, 2.24) is 0 Å². The molecule has 0 fully saturated rings. The van der Waals surface area contributed by atoms with Crippen LogP contribution in [0, 0.1) is 0 Å². The molecule has 0 radical (unpaired) electrons. The number of rotatable bonds is 3. The van der Waals surface area contributed by atoms with E-state index < -0.39 is 17.7 Å². The Kier molecular flexibility index (Phi) is 3.92. The van der Waals surface area contributed by atoms with Crippen LogP contribution in [0.5, 0.6) is 11.5 Å². The lowest BCUT2D eigenvalue weighted by Gasteiger charge is -2.09. The molecule has 6 nitrogen and oxygen atoms in total. The molecule has 6 heteroatoms. The molecule has 0 saturated carbocycles. The molecule has 0 amide bonds. The number of phenols is 2. The van der Waals surface area contributed by atoms with Gasteiger partial charge in [-0.15, -0.1) is 0 Å². The van der Waals surface area contributed by atoms with E-state index in [1.54, 1.807) is 0 Å². The van der Waals surface area contributed by atoms with Crippen LogP contribution in [0.2, 0.25) is 0 Å². The Bertz CT molecular complexity index is 452. The second-order valence-corrected chi connectivity index (χ2v) is 3.24. The fourth-order valence-corrected chi connectivity index (χ4v) is 1.37. The summed E-state index contributed by atoms with van der Waals surface area (Å²) >= 11 is 0. The number of methoxy groups -OCH3 is 2. The van der Waals surface area contributed by atoms with E-state index in [0.29, 0.717) is 0 Å². The monoisotopic (exact) mass is 240 g/mol. The molecule has 0 atom stereocenters. The summed E-state index contributed by atoms with van der Waals surface area (Å²) in [6.07, 6.45) is -0.247. The molecule has 1 aromatic rings. The first kappa shape index (κ1) is 12.8. The van der Waals surface area contributed by atoms with Crippen molar-refractivity contribution in [2.24, 2.45) is 0 Å². The number of aromatic hydroxyl groups is 2. The minimum absolute atomic E-state index is 0.140. The highest BCUT2D eigenvalue weighted by Gasteiger charge is 2.20. The number of carbonyl (C=O) groups excluding carboxylic acids is 2. The van der Waals surface area contributed by atoms with Gasteiger partial charge in [-0.3, -0.25) is 4.79 Å². The zero-order valence-electron chi connectivity index (χ0n) is 9.39. The van der Waals surface area contributed by atoms with Gasteiger partial charge in [0, 0.05) is 6.07 Å². The SMILES string of the molecule is COC(=O)Cc1cc(O)cc(O)c1C(=O)OC. The second-order valence-electron chi connectivity index (χ2n) is 3.24. The molecule has 1 rings (SSSR count). The van der Waals surface area contributed by atoms with Gasteiger partial charge in [0.2, 0.25) is 0 Å². The first-order valence-electron chi connectivity index (χ1n) is 4.69. The predicted molar refractivity (Wildman–Crippen MR) is 56.8 cm³/mol. The molecule has 1 aromatic carbocycles. The summed E-state index contributed by atoms with van der Waals surface area (Å²) in [5, 5.41) is 18.8. The normalized spacial score (nSPS) is 9.76. The van der Waals surface area contributed by atoms with E-state index in [0.717, 1.165) is 13.2 Å². The molecular formula is C11H12O6. The van der Waals surface area contributed by atoms with Gasteiger partial charge in [-0.1, -0.05) is 0 Å². The quantitative estimate of drug-likeness (QED) is 0.751. The fourth-order valence-electron chi connectivity index (χ4n) is 1.37. The summed E-state index contributed by atoms with van der Waals surface area (Å²) in [7, 11) is 2.35. The Morgan fingerprint density at radius 3 is 2.35 bits per heavy atom. The molecule has 0 aromatic heterocycles. The average molecular weight is 240 g/mol. The zero-order valence-corrected chi connectivity index (χ0v) is 9.39. The van der Waals surface area contributed by atoms with Crippen molar-refractivity contribution in [3.8, 4) is 11.5 Å². The molecule has 92 valence electrons. The number of esters is 2. The smallest absolute Gasteiger partial charge is 0.341 e. The van der Waals surface area contributed by atoms with Gasteiger partial charge < -0.3 is 19.7 Å². The van der Waals surface area contributed by atoms with Crippen LogP contribution in [0.25, 0.3) is 0 Å². The highest BCUT2D eigenvalue weighted by molar-refractivity contribution is 5.95. The standard InChI is InChI=1S/C11H12O6/c1-16-9(14)4-6-3-7(12)5-8(13)10(6)11(15)17-2/h3,5,12-13H,4H2,1-2H3. The molecule has 0 heterocycles. The van der Waals surface area contributed by atoms with Crippen LogP contribution < -0.4 is 0 Å². The number of ether oxygens (including phenoxy) is 2. The molecule has 0 aliphatic rings. The Labute approximate surface area is 97.4 Å². The minimum atomic E-state index is -0.790. The average Bonchev–Trinajstić information content (AvgIpc) is 2.27. The fraction of sp³-hybridized carbons (Fsp3) is 0.273. The van der Waals surface area contributed by atoms with E-state index in [2.05, 4.69) is 9.47 Å². The van der Waals surface area contributed by atoms with Gasteiger partial charge in [-0.05, 0) is 11.6 Å². The first-order valence-corrected chi connectivity index (χ1v) is 4.69. The summed E-state index contributed by atoms with van der Waals surface area (Å²) in [6.45, 7) is 0. The van der Waals surface area contributed by atoms with Crippen LogP contribution >= 0.6 is 0 Å². The molecule has 17 heavy (non-hydrogen) atoms. The van der Waals surface area contributed by atoms with Crippen molar-refractivity contribution >= 4 is 11.9 Å². The summed E-state index contributed by atoms with van der Waals surface area (Å²) < 4.78 is 8.93. The van der Waals surface area contributed by atoms with Crippen molar-refractivity contribution in [2.75, 3.05) is 14.2 Å². The van der Waals surface area contributed by atoms with E-state index in [-0.39, 0.29) is 23.3 Å². The van der Waals surface area contributed by atoms with Gasteiger partial charge in [0.25, 0.3) is 0 Å². The van der Waals surface area contributed by atoms with Crippen molar-refractivity contribution in [2.45, 2.75) is 6.42 Å². The van der Waals surface area contributed by atoms with Gasteiger partial charge in [0.15, 0.2) is 0 Å². The molecular weight excluding hydrogens is 228 g/mol. The number of hydrogen-bond donors (Lipinski definition) is 2. The molecule has 0 bridgehead atoms. The van der Waals surface area contributed by atoms with Crippen LogP contribution in [0.15, 0.2) is 12.1 Å². The number of phenolic OH excluding ortho intramolecular Hbond substituents is 2. The predicted octanol–water partition coefficient (Wildman–Crippen LogP) is 0.600. The number of hydrogen-bond acceptors (Lipinski definition) is 6. The third kappa shape index (κ3) is 2.87. The summed E-state index contributed by atoms with van der Waals surface area (Å²) in [4.78, 5) is 22.5. The first-order chi connectivity index (χ1) is 7.99. The highest BCUT2D eigenvalue weighted by Crippen LogP contribution is 2.28. The Hall–Kier alpha value is -2.24. The molecule has 0 unspecified atom stereocenters. The van der Waals surface area contributed by atoms with Crippen LogP contribution in [0.4, 0.5) is 0 Å². The van der Waals surface area contributed by atoms with Crippen molar-refractivity contribution in [3.63, 3.8) is 0 Å². The van der Waals surface area contributed by atoms with Gasteiger partial charge in [-0.2, -0.15) is 0 Å². The van der Waals surface area contributed by atoms with Gasteiger partial charge in [-0.25, -0.2) is 4.79 Å². The Morgan fingerprint density at radius 2 is 1.82 bits per heavy atom. The van der Waals surface area contributed by atoms with Crippen LogP contribution in [-0.2, 0) is 20.7 Å². The van der Waals surface area contributed by atoms with Gasteiger partial charge >= 0.3 is 11.9 Å². The summed E-state index contributed by atoms with van der Waals surface area (Å²) in [5.74, 6) is -2.09. The lowest BCUT2D eigenvalue weighted by Crippen LogP contribution is -2.11. The summed E-state index contributed by atoms with van der Waals surface area (Å²) in [5.41, 5.74) is -0.0168. The number of carbonyl (C=O) groups is 2. The minimum Gasteiger partial charge on any atom is -0.508 e. The third-order valence-electron chi connectivity index (χ3n) is 2.14. The van der Waals surface area contributed by atoms with Gasteiger partial charge in [0.1, 0.15) is 17.1 Å². The largest absolute Gasteiger partial charge is 0.508 e. The topological polar surface area (TPSA) is 93.1 Å². The summed E-state index contributed by atoms with van der Waals surface area (Å²) in [6, 6.07) is 2.19. The van der Waals surface area contributed by atoms with E-state index in [1.807, 2.05) is 0 Å². The molecule has 0 spiro atoms. The van der Waals surface area contributed by atoms with E-state index >= 15 is 0 Å². The van der Waals surface area contributed by atoms with Crippen LogP contribution in [0.1, 0.15) is 15.9 Å². The Balaban J connectivity index is 3.25. The zero-order chi connectivity index (χ0) is 13.0. The molecule has 0 aliphatic carbocycles. The maximum atomic E-state index is 11.4. The van der Waals surface area contributed by atoms with Crippen molar-refractivity contribution in [3.05, 3.63) is 23.3 Å². The molecule has 0 aliphatic heterocycles. The maximum absolute atomic E-state index is 11.4. The van der Waals surface area contributed by atoms with E-state index in [9.17, 15) is 19.8 Å². The van der Waals surface area contributed by atoms with Crippen molar-refractivity contribution in [1.29, 1.82) is 0 Å². The van der Waals surface area contributed by atoms with E-state index in [4.69, 9.17) is 0 Å². The van der Waals surface area contributed by atoms with Crippen molar-refractivity contribution < 1.29 is 29.3 Å². The molecule has 2 N–H and O–H groups in total. The van der Waals surface area contributed by atoms with E-state index in [1.165, 1.54) is 13.2 Å². The highest BCUT2D eigenvalue weighted by atomic mass is 16.5. The second kappa shape index (κ2) is 5.20. The Morgan fingerprint density at radius 1 is 1.18 bits per heavy atom. The van der Waals surface area contributed by atoms with Gasteiger partial charge in [0.05, 0.1) is 20.6 Å². The lowest BCUT2D eigenvalue weighted by molar-refractivity contribution is -0.139. The van der Waals surface area contributed by atoms with Crippen LogP contribution in [-0.4, -0.2) is 36.4 Å². The number of benzene rings is 1.